The lowest BCUT2D eigenvalue weighted by atomic mass is 10.2. The lowest BCUT2D eigenvalue weighted by molar-refractivity contribution is 0.0548. The average Bonchev–Trinajstić information content (AvgIpc) is 2.99. The van der Waals surface area contributed by atoms with Crippen LogP contribution in [0.2, 0.25) is 0 Å². The quantitative estimate of drug-likeness (QED) is 0.795. The summed E-state index contributed by atoms with van der Waals surface area (Å²) in [6, 6.07) is 4.09. The van der Waals surface area contributed by atoms with E-state index in [1.807, 2.05) is 0 Å². The zero-order chi connectivity index (χ0) is 14.7. The maximum atomic E-state index is 13.2. The number of nitrogens with zero attached hydrogens (tertiary/aromatic N) is 2. The van der Waals surface area contributed by atoms with Crippen LogP contribution in [0.1, 0.15) is 32.1 Å². The number of aromatic nitrogens is 2. The van der Waals surface area contributed by atoms with E-state index in [9.17, 15) is 9.18 Å². The van der Waals surface area contributed by atoms with Gasteiger partial charge >= 0.3 is 0 Å². The van der Waals surface area contributed by atoms with Crippen molar-refractivity contribution in [2.45, 2.75) is 44.8 Å². The number of halogens is 1. The van der Waals surface area contributed by atoms with Crippen molar-refractivity contribution in [1.82, 2.24) is 9.55 Å². The Kier molecular flexibility index (Phi) is 4.29. The largest absolute Gasteiger partial charge is 0.378 e. The van der Waals surface area contributed by atoms with Crippen molar-refractivity contribution >= 4 is 10.9 Å². The SMILES string of the molecule is O=c1c2cc(F)ccc2ncn1CCCOC1CCCC1. The molecule has 5 heteroatoms. The van der Waals surface area contributed by atoms with Crippen molar-refractivity contribution in [3.8, 4) is 0 Å². The van der Waals surface area contributed by atoms with Gasteiger partial charge in [0.25, 0.3) is 5.56 Å². The normalized spacial score (nSPS) is 15.9. The number of fused-ring (bicyclic) bond motifs is 1. The van der Waals surface area contributed by atoms with E-state index in [1.54, 1.807) is 0 Å². The topological polar surface area (TPSA) is 44.1 Å². The van der Waals surface area contributed by atoms with Gasteiger partial charge in [0, 0.05) is 13.2 Å². The Morgan fingerprint density at radius 2 is 2.14 bits per heavy atom. The molecule has 1 heterocycles. The summed E-state index contributed by atoms with van der Waals surface area (Å²) in [5, 5.41) is 0.328. The molecule has 0 radical (unpaired) electrons. The van der Waals surface area contributed by atoms with Crippen molar-refractivity contribution in [3.63, 3.8) is 0 Å². The van der Waals surface area contributed by atoms with E-state index >= 15 is 0 Å². The number of aryl methyl sites for hydroxylation is 1. The highest BCUT2D eigenvalue weighted by atomic mass is 19.1. The van der Waals surface area contributed by atoms with Gasteiger partial charge < -0.3 is 4.74 Å². The van der Waals surface area contributed by atoms with Crippen LogP contribution in [0.4, 0.5) is 4.39 Å². The second-order valence-electron chi connectivity index (χ2n) is 5.54. The monoisotopic (exact) mass is 290 g/mol. The van der Waals surface area contributed by atoms with Gasteiger partial charge in [-0.25, -0.2) is 9.37 Å². The van der Waals surface area contributed by atoms with Crippen LogP contribution >= 0.6 is 0 Å². The van der Waals surface area contributed by atoms with Gasteiger partial charge in [0.2, 0.25) is 0 Å². The molecule has 3 rings (SSSR count). The van der Waals surface area contributed by atoms with Crippen LogP contribution in [0, 0.1) is 5.82 Å². The van der Waals surface area contributed by atoms with Crippen molar-refractivity contribution in [1.29, 1.82) is 0 Å². The molecule has 0 atom stereocenters. The maximum absolute atomic E-state index is 13.2. The number of hydrogen-bond acceptors (Lipinski definition) is 3. The smallest absolute Gasteiger partial charge is 0.261 e. The van der Waals surface area contributed by atoms with Crippen LogP contribution in [0.3, 0.4) is 0 Å². The molecular weight excluding hydrogens is 271 g/mol. The highest BCUT2D eigenvalue weighted by Crippen LogP contribution is 2.20. The molecular formula is C16H19FN2O2. The predicted octanol–water partition coefficient (Wildman–Crippen LogP) is 2.88. The van der Waals surface area contributed by atoms with Gasteiger partial charge in [-0.05, 0) is 37.5 Å². The molecule has 2 aromatic rings. The Balaban J connectivity index is 1.63. The van der Waals surface area contributed by atoms with Gasteiger partial charge in [-0.3, -0.25) is 9.36 Å². The van der Waals surface area contributed by atoms with E-state index in [2.05, 4.69) is 4.98 Å². The molecule has 0 N–H and O–H groups in total. The summed E-state index contributed by atoms with van der Waals surface area (Å²) in [4.78, 5) is 16.4. The molecule has 1 aliphatic carbocycles. The second kappa shape index (κ2) is 6.35. The third-order valence-corrected chi connectivity index (χ3v) is 3.99. The van der Waals surface area contributed by atoms with Gasteiger partial charge in [-0.2, -0.15) is 0 Å². The molecule has 1 aliphatic rings. The minimum absolute atomic E-state index is 0.194. The Morgan fingerprint density at radius 3 is 2.95 bits per heavy atom. The zero-order valence-electron chi connectivity index (χ0n) is 11.9. The van der Waals surface area contributed by atoms with Gasteiger partial charge in [0.05, 0.1) is 23.3 Å². The number of hydrogen-bond donors (Lipinski definition) is 0. The molecule has 21 heavy (non-hydrogen) atoms. The first-order valence-corrected chi connectivity index (χ1v) is 7.50. The first kappa shape index (κ1) is 14.2. The predicted molar refractivity (Wildman–Crippen MR) is 78.8 cm³/mol. The van der Waals surface area contributed by atoms with Crippen LogP contribution in [0.15, 0.2) is 29.3 Å². The van der Waals surface area contributed by atoms with Crippen LogP contribution in [0.25, 0.3) is 10.9 Å². The number of ether oxygens (including phenoxy) is 1. The zero-order valence-corrected chi connectivity index (χ0v) is 11.9. The van der Waals surface area contributed by atoms with E-state index in [4.69, 9.17) is 4.74 Å². The summed E-state index contributed by atoms with van der Waals surface area (Å²) >= 11 is 0. The fourth-order valence-corrected chi connectivity index (χ4v) is 2.83. The minimum Gasteiger partial charge on any atom is -0.378 e. The molecule has 0 amide bonds. The molecule has 0 spiro atoms. The number of benzene rings is 1. The fraction of sp³-hybridized carbons (Fsp3) is 0.500. The average molecular weight is 290 g/mol. The highest BCUT2D eigenvalue weighted by molar-refractivity contribution is 5.77. The summed E-state index contributed by atoms with van der Waals surface area (Å²) in [7, 11) is 0. The third-order valence-electron chi connectivity index (χ3n) is 3.99. The molecule has 1 aromatic carbocycles. The Hall–Kier alpha value is -1.75. The summed E-state index contributed by atoms with van der Waals surface area (Å²) < 4.78 is 20.5. The molecule has 0 saturated heterocycles. The second-order valence-corrected chi connectivity index (χ2v) is 5.54. The van der Waals surface area contributed by atoms with E-state index in [0.29, 0.717) is 30.2 Å². The molecule has 1 saturated carbocycles. The van der Waals surface area contributed by atoms with Gasteiger partial charge in [0.15, 0.2) is 0 Å². The molecule has 4 nitrogen and oxygen atoms in total. The van der Waals surface area contributed by atoms with Crippen molar-refractivity contribution in [2.24, 2.45) is 0 Å². The summed E-state index contributed by atoms with van der Waals surface area (Å²) in [6.45, 7) is 1.20. The first-order valence-electron chi connectivity index (χ1n) is 7.50. The lowest BCUT2D eigenvalue weighted by Crippen LogP contribution is -2.22. The first-order chi connectivity index (χ1) is 10.2. The van der Waals surface area contributed by atoms with E-state index in [-0.39, 0.29) is 5.56 Å². The maximum Gasteiger partial charge on any atom is 0.261 e. The lowest BCUT2D eigenvalue weighted by Gasteiger charge is -2.11. The molecule has 0 aliphatic heterocycles. The summed E-state index contributed by atoms with van der Waals surface area (Å²) in [5.41, 5.74) is 0.334. The van der Waals surface area contributed by atoms with Crippen LogP contribution < -0.4 is 5.56 Å². The Morgan fingerprint density at radius 1 is 1.33 bits per heavy atom. The van der Waals surface area contributed by atoms with Crippen LogP contribution in [-0.2, 0) is 11.3 Å². The third kappa shape index (κ3) is 3.29. The van der Waals surface area contributed by atoms with E-state index in [0.717, 1.165) is 19.3 Å². The van der Waals surface area contributed by atoms with Gasteiger partial charge in [-0.15, -0.1) is 0 Å². The van der Waals surface area contributed by atoms with Crippen LogP contribution in [0.5, 0.6) is 0 Å². The minimum atomic E-state index is -0.413. The molecule has 1 fully saturated rings. The Labute approximate surface area is 122 Å². The molecule has 1 aromatic heterocycles. The summed E-state index contributed by atoms with van der Waals surface area (Å²) in [5.74, 6) is -0.413. The summed E-state index contributed by atoms with van der Waals surface area (Å²) in [6.07, 6.45) is 7.49. The molecule has 0 bridgehead atoms. The van der Waals surface area contributed by atoms with Gasteiger partial charge in [-0.1, -0.05) is 12.8 Å². The fourth-order valence-electron chi connectivity index (χ4n) is 2.83. The van der Waals surface area contributed by atoms with Crippen molar-refractivity contribution in [3.05, 3.63) is 40.7 Å². The van der Waals surface area contributed by atoms with E-state index < -0.39 is 5.82 Å². The molecule has 0 unspecified atom stereocenters. The highest BCUT2D eigenvalue weighted by Gasteiger charge is 2.14. The Bertz CT molecular complexity index is 678. The standard InChI is InChI=1S/C16H19FN2O2/c17-12-6-7-15-14(10-12)16(20)19(11-18-15)8-3-9-21-13-4-1-2-5-13/h6-7,10-11,13H,1-5,8-9H2. The van der Waals surface area contributed by atoms with Gasteiger partial charge in [0.1, 0.15) is 5.82 Å². The van der Waals surface area contributed by atoms with Crippen molar-refractivity contribution in [2.75, 3.05) is 6.61 Å². The molecule has 112 valence electrons. The number of rotatable bonds is 5. The van der Waals surface area contributed by atoms with Crippen molar-refractivity contribution < 1.29 is 9.13 Å². The van der Waals surface area contributed by atoms with E-state index in [1.165, 1.54) is 41.9 Å². The van der Waals surface area contributed by atoms with Crippen LogP contribution in [-0.4, -0.2) is 22.3 Å².